The normalized spacial score (nSPS) is 11.2. The van der Waals surface area contributed by atoms with Crippen LogP contribution < -0.4 is 9.04 Å². The number of sulfonamides is 1. The molecule has 0 aliphatic heterocycles. The van der Waals surface area contributed by atoms with E-state index in [0.29, 0.717) is 15.9 Å². The Kier molecular flexibility index (Phi) is 4.58. The van der Waals surface area contributed by atoms with Crippen molar-refractivity contribution < 1.29 is 13.2 Å². The molecule has 21 heavy (non-hydrogen) atoms. The molecule has 0 bridgehead atoms. The van der Waals surface area contributed by atoms with E-state index >= 15 is 0 Å². The Labute approximate surface area is 133 Å². The summed E-state index contributed by atoms with van der Waals surface area (Å²) in [4.78, 5) is 0.208. The zero-order valence-corrected chi connectivity index (χ0v) is 14.4. The number of ether oxygens (including phenoxy) is 1. The van der Waals surface area contributed by atoms with Gasteiger partial charge in [-0.1, -0.05) is 12.1 Å². The van der Waals surface area contributed by atoms with Gasteiger partial charge in [0.05, 0.1) is 22.2 Å². The zero-order chi connectivity index (χ0) is 15.6. The lowest BCUT2D eigenvalue weighted by molar-refractivity contribution is 0.411. The van der Waals surface area contributed by atoms with E-state index in [4.69, 9.17) is 4.74 Å². The monoisotopic (exact) mass is 369 g/mol. The van der Waals surface area contributed by atoms with Crippen molar-refractivity contribution in [3.05, 3.63) is 52.5 Å². The molecule has 0 heterocycles. The Morgan fingerprint density at radius 2 is 1.86 bits per heavy atom. The van der Waals surface area contributed by atoms with Crippen LogP contribution in [-0.4, -0.2) is 22.6 Å². The Morgan fingerprint density at radius 3 is 2.43 bits per heavy atom. The SMILES string of the molecule is COc1ccc(S(=O)(=O)N(C)c2cccc(C)c2)cc1Br. The smallest absolute Gasteiger partial charge is 0.264 e. The van der Waals surface area contributed by atoms with Crippen molar-refractivity contribution in [3.63, 3.8) is 0 Å². The molecule has 0 N–H and O–H groups in total. The van der Waals surface area contributed by atoms with Crippen molar-refractivity contribution in [3.8, 4) is 5.75 Å². The fourth-order valence-electron chi connectivity index (χ4n) is 1.93. The minimum atomic E-state index is -3.61. The summed E-state index contributed by atoms with van der Waals surface area (Å²) in [6.45, 7) is 1.92. The van der Waals surface area contributed by atoms with Crippen molar-refractivity contribution in [1.82, 2.24) is 0 Å². The van der Waals surface area contributed by atoms with Crippen molar-refractivity contribution in [1.29, 1.82) is 0 Å². The Balaban J connectivity index is 2.44. The van der Waals surface area contributed by atoms with E-state index in [9.17, 15) is 8.42 Å². The molecule has 0 aromatic heterocycles. The summed E-state index contributed by atoms with van der Waals surface area (Å²) in [6, 6.07) is 12.1. The number of methoxy groups -OCH3 is 1. The van der Waals surface area contributed by atoms with Crippen LogP contribution in [0.15, 0.2) is 51.8 Å². The van der Waals surface area contributed by atoms with Gasteiger partial charge in [0.2, 0.25) is 0 Å². The first-order valence-electron chi connectivity index (χ1n) is 6.25. The quantitative estimate of drug-likeness (QED) is 0.826. The summed E-state index contributed by atoms with van der Waals surface area (Å²) in [5, 5.41) is 0. The van der Waals surface area contributed by atoms with Crippen LogP contribution in [0.4, 0.5) is 5.69 Å². The highest BCUT2D eigenvalue weighted by Crippen LogP contribution is 2.30. The number of benzene rings is 2. The molecule has 0 radical (unpaired) electrons. The number of nitrogens with zero attached hydrogens (tertiary/aromatic N) is 1. The topological polar surface area (TPSA) is 46.6 Å². The molecule has 0 unspecified atom stereocenters. The molecule has 112 valence electrons. The van der Waals surface area contributed by atoms with Gasteiger partial charge in [-0.05, 0) is 58.7 Å². The molecule has 2 aromatic carbocycles. The number of aryl methyl sites for hydroxylation is 1. The van der Waals surface area contributed by atoms with Crippen LogP contribution in [0, 0.1) is 6.92 Å². The first-order valence-corrected chi connectivity index (χ1v) is 8.48. The van der Waals surface area contributed by atoms with Crippen molar-refractivity contribution in [2.75, 3.05) is 18.5 Å². The van der Waals surface area contributed by atoms with Gasteiger partial charge in [0.25, 0.3) is 10.0 Å². The van der Waals surface area contributed by atoms with Crippen molar-refractivity contribution >= 4 is 31.6 Å². The second-order valence-electron chi connectivity index (χ2n) is 4.61. The Bertz CT molecular complexity index is 759. The first kappa shape index (κ1) is 15.9. The van der Waals surface area contributed by atoms with Gasteiger partial charge in [-0.2, -0.15) is 0 Å². The number of hydrogen-bond donors (Lipinski definition) is 0. The molecule has 0 aliphatic carbocycles. The number of hydrogen-bond acceptors (Lipinski definition) is 3. The van der Waals surface area contributed by atoms with Crippen molar-refractivity contribution in [2.24, 2.45) is 0 Å². The highest BCUT2D eigenvalue weighted by atomic mass is 79.9. The fourth-order valence-corrected chi connectivity index (χ4v) is 3.83. The third-order valence-corrected chi connectivity index (χ3v) is 5.55. The molecule has 4 nitrogen and oxygen atoms in total. The van der Waals surface area contributed by atoms with Crippen LogP contribution in [0.5, 0.6) is 5.75 Å². The molecule has 0 saturated carbocycles. The minimum absolute atomic E-state index is 0.208. The van der Waals surface area contributed by atoms with E-state index < -0.39 is 10.0 Å². The van der Waals surface area contributed by atoms with Gasteiger partial charge in [0.1, 0.15) is 5.75 Å². The number of anilines is 1. The molecule has 0 saturated heterocycles. The molecular formula is C15H16BrNO3S. The lowest BCUT2D eigenvalue weighted by atomic mass is 10.2. The summed E-state index contributed by atoms with van der Waals surface area (Å²) >= 11 is 3.31. The van der Waals surface area contributed by atoms with Gasteiger partial charge >= 0.3 is 0 Å². The molecule has 0 amide bonds. The average molecular weight is 370 g/mol. The zero-order valence-electron chi connectivity index (χ0n) is 12.0. The lowest BCUT2D eigenvalue weighted by Crippen LogP contribution is -2.26. The van der Waals surface area contributed by atoms with Gasteiger partial charge in [-0.25, -0.2) is 8.42 Å². The van der Waals surface area contributed by atoms with Gasteiger partial charge in [-0.15, -0.1) is 0 Å². The van der Waals surface area contributed by atoms with Gasteiger partial charge in [0.15, 0.2) is 0 Å². The van der Waals surface area contributed by atoms with Crippen LogP contribution in [0.3, 0.4) is 0 Å². The number of halogens is 1. The Morgan fingerprint density at radius 1 is 1.14 bits per heavy atom. The van der Waals surface area contributed by atoms with E-state index in [-0.39, 0.29) is 4.90 Å². The predicted octanol–water partition coefficient (Wildman–Crippen LogP) is 3.59. The summed E-state index contributed by atoms with van der Waals surface area (Å²) in [5.74, 6) is 0.590. The van der Waals surface area contributed by atoms with Gasteiger partial charge < -0.3 is 4.74 Å². The largest absolute Gasteiger partial charge is 0.496 e. The van der Waals surface area contributed by atoms with Crippen LogP contribution in [0.2, 0.25) is 0 Å². The molecule has 0 fully saturated rings. The van der Waals surface area contributed by atoms with Gasteiger partial charge in [0, 0.05) is 7.05 Å². The first-order chi connectivity index (χ1) is 9.86. The second kappa shape index (κ2) is 6.07. The summed E-state index contributed by atoms with van der Waals surface area (Å²) in [6.07, 6.45) is 0. The summed E-state index contributed by atoms with van der Waals surface area (Å²) in [5.41, 5.74) is 1.63. The third kappa shape index (κ3) is 3.22. The minimum Gasteiger partial charge on any atom is -0.496 e. The molecule has 2 aromatic rings. The molecule has 2 rings (SSSR count). The number of rotatable bonds is 4. The van der Waals surface area contributed by atoms with Crippen LogP contribution in [0.25, 0.3) is 0 Å². The summed E-state index contributed by atoms with van der Waals surface area (Å²) < 4.78 is 32.3. The molecule has 6 heteroatoms. The maximum atomic E-state index is 12.7. The standard InChI is InChI=1S/C15H16BrNO3S/c1-11-5-4-6-12(9-11)17(2)21(18,19)13-7-8-15(20-3)14(16)10-13/h4-10H,1-3H3. The maximum Gasteiger partial charge on any atom is 0.264 e. The lowest BCUT2D eigenvalue weighted by Gasteiger charge is -2.20. The van der Waals surface area contributed by atoms with E-state index in [2.05, 4.69) is 15.9 Å². The van der Waals surface area contributed by atoms with Crippen LogP contribution >= 0.6 is 15.9 Å². The molecule has 0 aliphatic rings. The third-order valence-electron chi connectivity index (χ3n) is 3.15. The predicted molar refractivity (Wildman–Crippen MR) is 87.5 cm³/mol. The summed E-state index contributed by atoms with van der Waals surface area (Å²) in [7, 11) is -0.530. The molecule has 0 atom stereocenters. The highest BCUT2D eigenvalue weighted by Gasteiger charge is 2.22. The highest BCUT2D eigenvalue weighted by molar-refractivity contribution is 9.10. The van der Waals surface area contributed by atoms with E-state index in [1.807, 2.05) is 25.1 Å². The fraction of sp³-hybridized carbons (Fsp3) is 0.200. The molecule has 0 spiro atoms. The van der Waals surface area contributed by atoms with Crippen LogP contribution in [0.1, 0.15) is 5.56 Å². The molecular weight excluding hydrogens is 354 g/mol. The average Bonchev–Trinajstić information content (AvgIpc) is 2.46. The van der Waals surface area contributed by atoms with E-state index in [1.54, 1.807) is 25.2 Å². The van der Waals surface area contributed by atoms with Gasteiger partial charge in [-0.3, -0.25) is 4.31 Å². The van der Waals surface area contributed by atoms with Crippen molar-refractivity contribution in [2.45, 2.75) is 11.8 Å². The van der Waals surface area contributed by atoms with E-state index in [0.717, 1.165) is 5.56 Å². The van der Waals surface area contributed by atoms with E-state index in [1.165, 1.54) is 17.5 Å². The maximum absolute atomic E-state index is 12.7. The Hall–Kier alpha value is -1.53. The second-order valence-corrected chi connectivity index (χ2v) is 7.43. The van der Waals surface area contributed by atoms with Crippen LogP contribution in [-0.2, 0) is 10.0 Å².